The van der Waals surface area contributed by atoms with Crippen LogP contribution in [0.5, 0.6) is 0 Å². The van der Waals surface area contributed by atoms with Gasteiger partial charge in [-0.05, 0) is 37.5 Å². The van der Waals surface area contributed by atoms with E-state index in [1.165, 1.54) is 10.1 Å². The zero-order chi connectivity index (χ0) is 23.4. The van der Waals surface area contributed by atoms with Crippen LogP contribution in [0.25, 0.3) is 22.6 Å². The van der Waals surface area contributed by atoms with Crippen LogP contribution < -0.4 is 11.5 Å². The molecule has 4 N–H and O–H groups in total. The number of aryl methyl sites for hydroxylation is 1. The third kappa shape index (κ3) is 4.12. The summed E-state index contributed by atoms with van der Waals surface area (Å²) in [4.78, 5) is 19.6. The van der Waals surface area contributed by atoms with Crippen molar-refractivity contribution in [3.63, 3.8) is 0 Å². The molecule has 0 bridgehead atoms. The van der Waals surface area contributed by atoms with Gasteiger partial charge in [0.2, 0.25) is 0 Å². The Morgan fingerprint density at radius 1 is 1.09 bits per heavy atom. The number of anilines is 1. The normalized spacial score (nSPS) is 10.4. The van der Waals surface area contributed by atoms with Gasteiger partial charge in [-0.1, -0.05) is 49.2 Å². The molecule has 0 aliphatic heterocycles. The van der Waals surface area contributed by atoms with Gasteiger partial charge in [0, 0.05) is 18.0 Å². The molecule has 0 radical (unpaired) electrons. The first-order valence-corrected chi connectivity index (χ1v) is 10.4. The van der Waals surface area contributed by atoms with Gasteiger partial charge in [0.05, 0.1) is 17.1 Å². The van der Waals surface area contributed by atoms with Crippen molar-refractivity contribution in [2.45, 2.75) is 20.3 Å². The first-order chi connectivity index (χ1) is 16.0. The number of fused-ring (bicyclic) bond motifs is 2. The summed E-state index contributed by atoms with van der Waals surface area (Å²) in [6.45, 7) is 4.00. The van der Waals surface area contributed by atoms with E-state index >= 15 is 0 Å². The molecule has 0 aliphatic rings. The van der Waals surface area contributed by atoms with Gasteiger partial charge in [0.15, 0.2) is 11.5 Å². The number of carbonyl (C=O) groups is 1. The second-order valence-corrected chi connectivity index (χ2v) is 7.12. The van der Waals surface area contributed by atoms with E-state index in [1.54, 1.807) is 18.5 Å². The standard InChI is InChI=1S/C18H16N2.C7H7N5O/c1-3-9-15-12-8-13-17-19-16(4-2)18(20(15)17)14-10-6-5-7-11-14;8-5-4(6(9)13)7-10-2-1-3-12(7)11-5/h5-8,10-13H,4H2,1-2H3;1-3H,(H2,8,11)(H2,9,13). The third-order valence-corrected chi connectivity index (χ3v) is 5.02. The Morgan fingerprint density at radius 2 is 1.88 bits per heavy atom. The molecule has 8 nitrogen and oxygen atoms in total. The molecule has 0 atom stereocenters. The number of nitrogens with two attached hydrogens (primary N) is 2. The van der Waals surface area contributed by atoms with Crippen LogP contribution in [0.15, 0.2) is 67.0 Å². The van der Waals surface area contributed by atoms with Gasteiger partial charge in [-0.2, -0.15) is 0 Å². The number of rotatable bonds is 3. The fourth-order valence-electron chi connectivity index (χ4n) is 3.64. The highest BCUT2D eigenvalue weighted by Crippen LogP contribution is 2.26. The molecule has 5 rings (SSSR count). The number of hydrogen-bond acceptors (Lipinski definition) is 5. The maximum absolute atomic E-state index is 10.9. The highest BCUT2D eigenvalue weighted by Gasteiger charge is 2.16. The van der Waals surface area contributed by atoms with E-state index in [1.807, 2.05) is 31.2 Å². The molecule has 0 aliphatic carbocycles. The summed E-state index contributed by atoms with van der Waals surface area (Å²) in [5, 5.41) is 3.87. The fraction of sp³-hybridized carbons (Fsp3) is 0.120. The summed E-state index contributed by atoms with van der Waals surface area (Å²) >= 11 is 0. The van der Waals surface area contributed by atoms with Crippen molar-refractivity contribution in [2.24, 2.45) is 5.73 Å². The van der Waals surface area contributed by atoms with Gasteiger partial charge >= 0.3 is 0 Å². The quantitative estimate of drug-likeness (QED) is 0.420. The van der Waals surface area contributed by atoms with E-state index in [-0.39, 0.29) is 11.4 Å². The highest BCUT2D eigenvalue weighted by atomic mass is 16.1. The molecule has 1 amide bonds. The Labute approximate surface area is 190 Å². The van der Waals surface area contributed by atoms with Crippen molar-refractivity contribution in [3.8, 4) is 23.1 Å². The fourth-order valence-corrected chi connectivity index (χ4v) is 3.64. The minimum Gasteiger partial charge on any atom is -0.381 e. The van der Waals surface area contributed by atoms with Crippen LogP contribution in [0.3, 0.4) is 0 Å². The molecule has 0 saturated carbocycles. The number of aromatic nitrogens is 5. The number of nitrogens with zero attached hydrogens (tertiary/aromatic N) is 5. The Hall–Kier alpha value is -4.64. The predicted molar refractivity (Wildman–Crippen MR) is 128 cm³/mol. The van der Waals surface area contributed by atoms with Gasteiger partial charge in [-0.15, -0.1) is 5.10 Å². The van der Waals surface area contributed by atoms with Gasteiger partial charge in [-0.25, -0.2) is 14.5 Å². The van der Waals surface area contributed by atoms with E-state index in [0.29, 0.717) is 5.65 Å². The van der Waals surface area contributed by atoms with Crippen LogP contribution in [-0.2, 0) is 6.42 Å². The molecule has 164 valence electrons. The number of pyridine rings is 1. The average Bonchev–Trinajstić information content (AvgIpc) is 3.37. The molecule has 8 heteroatoms. The molecule has 5 aromatic rings. The van der Waals surface area contributed by atoms with Gasteiger partial charge in [0.25, 0.3) is 5.91 Å². The Balaban J connectivity index is 0.000000172. The Kier molecular flexibility index (Phi) is 6.04. The molecule has 33 heavy (non-hydrogen) atoms. The van der Waals surface area contributed by atoms with E-state index in [9.17, 15) is 4.79 Å². The minimum atomic E-state index is -0.619. The van der Waals surface area contributed by atoms with E-state index in [4.69, 9.17) is 16.5 Å². The monoisotopic (exact) mass is 437 g/mol. The smallest absolute Gasteiger partial charge is 0.256 e. The first-order valence-electron chi connectivity index (χ1n) is 10.4. The predicted octanol–water partition coefficient (Wildman–Crippen LogP) is 3.35. The molecule has 1 aromatic carbocycles. The zero-order valence-electron chi connectivity index (χ0n) is 18.4. The molecule has 0 saturated heterocycles. The van der Waals surface area contributed by atoms with Crippen LogP contribution >= 0.6 is 0 Å². The summed E-state index contributed by atoms with van der Waals surface area (Å²) in [7, 11) is 0. The molecular weight excluding hydrogens is 414 g/mol. The van der Waals surface area contributed by atoms with Crippen molar-refractivity contribution < 1.29 is 4.79 Å². The third-order valence-electron chi connectivity index (χ3n) is 5.02. The highest BCUT2D eigenvalue weighted by molar-refractivity contribution is 6.03. The van der Waals surface area contributed by atoms with E-state index < -0.39 is 5.91 Å². The summed E-state index contributed by atoms with van der Waals surface area (Å²) in [5.74, 6) is 5.64. The average molecular weight is 438 g/mol. The summed E-state index contributed by atoms with van der Waals surface area (Å²) < 4.78 is 3.57. The number of nitrogen functional groups attached to an aromatic ring is 1. The molecule has 0 spiro atoms. The number of imidazole rings is 1. The first kappa shape index (κ1) is 21.6. The topological polar surface area (TPSA) is 117 Å². The summed E-state index contributed by atoms with van der Waals surface area (Å²) in [5.41, 5.74) is 16.5. The van der Waals surface area contributed by atoms with Gasteiger partial charge in [-0.3, -0.25) is 9.20 Å². The van der Waals surface area contributed by atoms with Crippen molar-refractivity contribution in [3.05, 3.63) is 83.9 Å². The second kappa shape index (κ2) is 9.24. The summed E-state index contributed by atoms with van der Waals surface area (Å²) in [6, 6.07) is 18.2. The van der Waals surface area contributed by atoms with Crippen LogP contribution in [0.4, 0.5) is 5.82 Å². The second-order valence-electron chi connectivity index (χ2n) is 7.12. The van der Waals surface area contributed by atoms with Crippen molar-refractivity contribution >= 4 is 23.0 Å². The lowest BCUT2D eigenvalue weighted by Gasteiger charge is -2.06. The summed E-state index contributed by atoms with van der Waals surface area (Å²) in [6.07, 6.45) is 4.10. The lowest BCUT2D eigenvalue weighted by Crippen LogP contribution is -2.12. The molecule has 4 heterocycles. The van der Waals surface area contributed by atoms with Crippen molar-refractivity contribution in [1.82, 2.24) is 24.0 Å². The van der Waals surface area contributed by atoms with Gasteiger partial charge in [0.1, 0.15) is 11.2 Å². The van der Waals surface area contributed by atoms with E-state index in [2.05, 4.69) is 57.5 Å². The number of amides is 1. The number of benzene rings is 1. The molecule has 0 fully saturated rings. The van der Waals surface area contributed by atoms with Crippen molar-refractivity contribution in [1.29, 1.82) is 0 Å². The largest absolute Gasteiger partial charge is 0.381 e. The maximum atomic E-state index is 10.9. The Morgan fingerprint density at radius 3 is 2.58 bits per heavy atom. The van der Waals surface area contributed by atoms with Crippen LogP contribution in [0.1, 0.15) is 35.6 Å². The van der Waals surface area contributed by atoms with Crippen molar-refractivity contribution in [2.75, 3.05) is 5.73 Å². The molecule has 0 unspecified atom stereocenters. The van der Waals surface area contributed by atoms with Crippen LogP contribution in [0, 0.1) is 11.8 Å². The SMILES string of the molecule is CC#Cc1cccc2nc(CC)c(-c3ccccc3)n12.NC(=O)c1c(N)nn2cccnc12. The zero-order valence-corrected chi connectivity index (χ0v) is 18.4. The molecule has 4 aromatic heterocycles. The van der Waals surface area contributed by atoms with Crippen LogP contribution in [0.2, 0.25) is 0 Å². The van der Waals surface area contributed by atoms with Gasteiger partial charge < -0.3 is 11.5 Å². The van der Waals surface area contributed by atoms with Crippen LogP contribution in [-0.4, -0.2) is 29.9 Å². The number of primary amides is 1. The lowest BCUT2D eigenvalue weighted by atomic mass is 10.1. The lowest BCUT2D eigenvalue weighted by molar-refractivity contribution is 0.100. The minimum absolute atomic E-state index is 0.103. The molecular formula is C25H23N7O. The van der Waals surface area contributed by atoms with E-state index in [0.717, 1.165) is 29.1 Å². The Bertz CT molecular complexity index is 1500. The number of hydrogen-bond donors (Lipinski definition) is 2. The number of carbonyl (C=O) groups excluding carboxylic acids is 1. The maximum Gasteiger partial charge on any atom is 0.256 e.